The van der Waals surface area contributed by atoms with Crippen LogP contribution in [0.5, 0.6) is 0 Å². The second-order valence-electron chi connectivity index (χ2n) is 4.78. The highest BCUT2D eigenvalue weighted by atomic mass is 32.2. The summed E-state index contributed by atoms with van der Waals surface area (Å²) in [5, 5.41) is 7.06. The minimum atomic E-state index is -3.48. The fourth-order valence-electron chi connectivity index (χ4n) is 2.16. The van der Waals surface area contributed by atoms with Crippen LogP contribution in [0.1, 0.15) is 30.5 Å². The lowest BCUT2D eigenvalue weighted by Crippen LogP contribution is -2.23. The van der Waals surface area contributed by atoms with E-state index >= 15 is 0 Å². The molecule has 1 aromatic carbocycles. The van der Waals surface area contributed by atoms with Crippen molar-refractivity contribution in [3.05, 3.63) is 52.2 Å². The van der Waals surface area contributed by atoms with Crippen LogP contribution in [-0.4, -0.2) is 15.5 Å². The molecule has 0 spiro atoms. The van der Waals surface area contributed by atoms with Crippen molar-refractivity contribution in [2.45, 2.75) is 30.8 Å². The molecular formula is C15H20N2O2S2. The van der Waals surface area contributed by atoms with Crippen LogP contribution in [0.2, 0.25) is 0 Å². The second kappa shape index (κ2) is 7.17. The van der Waals surface area contributed by atoms with Crippen molar-refractivity contribution in [1.82, 2.24) is 10.0 Å². The Morgan fingerprint density at radius 2 is 2.10 bits per heavy atom. The zero-order chi connectivity index (χ0) is 15.3. The molecule has 0 radical (unpaired) electrons. The molecule has 2 aromatic rings. The summed E-state index contributed by atoms with van der Waals surface area (Å²) in [7, 11) is -1.60. The Bertz CT molecular complexity index is 663. The number of sulfonamides is 1. The second-order valence-corrected chi connectivity index (χ2v) is 7.33. The lowest BCUT2D eigenvalue weighted by molar-refractivity contribution is 0.570. The Labute approximate surface area is 130 Å². The summed E-state index contributed by atoms with van der Waals surface area (Å²) in [4.78, 5) is 0.309. The first-order valence-electron chi connectivity index (χ1n) is 6.84. The molecule has 0 fully saturated rings. The molecule has 6 heteroatoms. The Balaban J connectivity index is 2.17. The molecule has 4 nitrogen and oxygen atoms in total. The predicted octanol–water partition coefficient (Wildman–Crippen LogP) is 2.90. The van der Waals surface area contributed by atoms with Gasteiger partial charge in [-0.15, -0.1) is 0 Å². The van der Waals surface area contributed by atoms with E-state index in [0.717, 1.165) is 17.5 Å². The van der Waals surface area contributed by atoms with E-state index in [9.17, 15) is 8.42 Å². The molecule has 0 aliphatic rings. The minimum Gasteiger partial charge on any atom is -0.313 e. The number of nitrogens with one attached hydrogen (secondary N) is 2. The van der Waals surface area contributed by atoms with Crippen molar-refractivity contribution in [3.8, 4) is 0 Å². The van der Waals surface area contributed by atoms with Gasteiger partial charge in [0.2, 0.25) is 10.0 Å². The largest absolute Gasteiger partial charge is 0.313 e. The molecule has 0 saturated carbocycles. The van der Waals surface area contributed by atoms with Crippen molar-refractivity contribution >= 4 is 21.4 Å². The molecule has 114 valence electrons. The van der Waals surface area contributed by atoms with Gasteiger partial charge in [-0.3, -0.25) is 0 Å². The molecule has 0 saturated heterocycles. The van der Waals surface area contributed by atoms with Gasteiger partial charge < -0.3 is 5.32 Å². The van der Waals surface area contributed by atoms with E-state index < -0.39 is 10.0 Å². The Morgan fingerprint density at radius 3 is 2.71 bits per heavy atom. The van der Waals surface area contributed by atoms with E-state index in [1.807, 2.05) is 29.9 Å². The summed E-state index contributed by atoms with van der Waals surface area (Å²) in [5.41, 5.74) is 1.96. The standard InChI is InChI=1S/C15H20N2O2S2/c1-3-15(16-2)13-5-4-6-14(9-13)21(18,19)17-10-12-7-8-20-11-12/h4-9,11,15-17H,3,10H2,1-2H3. The van der Waals surface area contributed by atoms with E-state index in [2.05, 4.69) is 17.0 Å². The van der Waals surface area contributed by atoms with Crippen LogP contribution in [0.15, 0.2) is 46.0 Å². The van der Waals surface area contributed by atoms with Crippen LogP contribution in [0.25, 0.3) is 0 Å². The maximum absolute atomic E-state index is 12.4. The van der Waals surface area contributed by atoms with Crippen LogP contribution in [-0.2, 0) is 16.6 Å². The smallest absolute Gasteiger partial charge is 0.240 e. The zero-order valence-electron chi connectivity index (χ0n) is 12.2. The molecule has 0 aliphatic heterocycles. The van der Waals surface area contributed by atoms with Gasteiger partial charge in [-0.2, -0.15) is 11.3 Å². The minimum absolute atomic E-state index is 0.164. The lowest BCUT2D eigenvalue weighted by Gasteiger charge is -2.15. The molecule has 1 aromatic heterocycles. The first kappa shape index (κ1) is 16.2. The number of hydrogen-bond donors (Lipinski definition) is 2. The van der Waals surface area contributed by atoms with Gasteiger partial charge in [-0.25, -0.2) is 13.1 Å². The number of hydrogen-bond acceptors (Lipinski definition) is 4. The normalized spacial score (nSPS) is 13.2. The maximum Gasteiger partial charge on any atom is 0.240 e. The van der Waals surface area contributed by atoms with Crippen molar-refractivity contribution in [2.75, 3.05) is 7.05 Å². The first-order chi connectivity index (χ1) is 10.1. The van der Waals surface area contributed by atoms with Crippen LogP contribution < -0.4 is 10.0 Å². The highest BCUT2D eigenvalue weighted by molar-refractivity contribution is 7.89. The molecule has 21 heavy (non-hydrogen) atoms. The van der Waals surface area contributed by atoms with Gasteiger partial charge in [-0.1, -0.05) is 19.1 Å². The van der Waals surface area contributed by atoms with E-state index in [-0.39, 0.29) is 6.04 Å². The number of thiophene rings is 1. The molecule has 0 amide bonds. The van der Waals surface area contributed by atoms with Gasteiger partial charge >= 0.3 is 0 Å². The van der Waals surface area contributed by atoms with E-state index in [1.165, 1.54) is 0 Å². The van der Waals surface area contributed by atoms with Crippen molar-refractivity contribution in [2.24, 2.45) is 0 Å². The molecule has 2 rings (SSSR count). The van der Waals surface area contributed by atoms with Crippen molar-refractivity contribution < 1.29 is 8.42 Å². The zero-order valence-corrected chi connectivity index (χ0v) is 13.8. The monoisotopic (exact) mass is 324 g/mol. The Kier molecular flexibility index (Phi) is 5.52. The number of benzene rings is 1. The maximum atomic E-state index is 12.4. The van der Waals surface area contributed by atoms with Gasteiger partial charge in [0, 0.05) is 12.6 Å². The highest BCUT2D eigenvalue weighted by Crippen LogP contribution is 2.20. The molecular weight excluding hydrogens is 304 g/mol. The van der Waals surface area contributed by atoms with Gasteiger partial charge in [0.25, 0.3) is 0 Å². The third-order valence-corrected chi connectivity index (χ3v) is 5.50. The molecule has 1 heterocycles. The average molecular weight is 324 g/mol. The van der Waals surface area contributed by atoms with E-state index in [0.29, 0.717) is 11.4 Å². The topological polar surface area (TPSA) is 58.2 Å². The fourth-order valence-corrected chi connectivity index (χ4v) is 3.90. The van der Waals surface area contributed by atoms with Crippen molar-refractivity contribution in [3.63, 3.8) is 0 Å². The van der Waals surface area contributed by atoms with Gasteiger partial charge in [0.1, 0.15) is 0 Å². The fraction of sp³-hybridized carbons (Fsp3) is 0.333. The van der Waals surface area contributed by atoms with Crippen molar-refractivity contribution in [1.29, 1.82) is 0 Å². The van der Waals surface area contributed by atoms with Gasteiger partial charge in [-0.05, 0) is 53.6 Å². The van der Waals surface area contributed by atoms with Crippen LogP contribution in [0.4, 0.5) is 0 Å². The molecule has 0 aliphatic carbocycles. The predicted molar refractivity (Wildman–Crippen MR) is 86.9 cm³/mol. The average Bonchev–Trinajstić information content (AvgIpc) is 3.00. The summed E-state index contributed by atoms with van der Waals surface area (Å²) in [6.07, 6.45) is 0.905. The Morgan fingerprint density at radius 1 is 1.29 bits per heavy atom. The van der Waals surface area contributed by atoms with E-state index in [4.69, 9.17) is 0 Å². The third-order valence-electron chi connectivity index (χ3n) is 3.37. The lowest BCUT2D eigenvalue weighted by atomic mass is 10.1. The van der Waals surface area contributed by atoms with Gasteiger partial charge in [0.05, 0.1) is 4.90 Å². The van der Waals surface area contributed by atoms with Crippen LogP contribution >= 0.6 is 11.3 Å². The highest BCUT2D eigenvalue weighted by Gasteiger charge is 2.16. The van der Waals surface area contributed by atoms with Crippen LogP contribution in [0, 0.1) is 0 Å². The van der Waals surface area contributed by atoms with E-state index in [1.54, 1.807) is 29.5 Å². The summed E-state index contributed by atoms with van der Waals surface area (Å²) >= 11 is 1.56. The summed E-state index contributed by atoms with van der Waals surface area (Å²) < 4.78 is 27.3. The first-order valence-corrected chi connectivity index (χ1v) is 9.27. The summed E-state index contributed by atoms with van der Waals surface area (Å²) in [6, 6.07) is 9.18. The van der Waals surface area contributed by atoms with Crippen LogP contribution in [0.3, 0.4) is 0 Å². The number of rotatable bonds is 7. The molecule has 1 unspecified atom stereocenters. The summed E-state index contributed by atoms with van der Waals surface area (Å²) in [6.45, 7) is 2.39. The quantitative estimate of drug-likeness (QED) is 0.823. The molecule has 0 bridgehead atoms. The SMILES string of the molecule is CCC(NC)c1cccc(S(=O)(=O)NCc2ccsc2)c1. The third kappa shape index (κ3) is 4.14. The van der Waals surface area contributed by atoms with Gasteiger partial charge in [0.15, 0.2) is 0 Å². The summed E-state index contributed by atoms with van der Waals surface area (Å²) in [5.74, 6) is 0. The molecule has 2 N–H and O–H groups in total. The molecule has 1 atom stereocenters. The Hall–Kier alpha value is -1.21.